The minimum atomic E-state index is -1.08. The van der Waals surface area contributed by atoms with Crippen molar-refractivity contribution in [2.45, 2.75) is 0 Å². The average molecular weight is 350 g/mol. The summed E-state index contributed by atoms with van der Waals surface area (Å²) in [5, 5.41) is 46.3. The first-order valence-electron chi connectivity index (χ1n) is 6.20. The van der Waals surface area contributed by atoms with Gasteiger partial charge in [-0.2, -0.15) is 0 Å². The second kappa shape index (κ2) is 6.49. The third kappa shape index (κ3) is 3.41. The van der Waals surface area contributed by atoms with Crippen molar-refractivity contribution >= 4 is 34.3 Å². The summed E-state index contributed by atoms with van der Waals surface area (Å²) in [6, 6.07) is 3.41. The highest BCUT2D eigenvalue weighted by molar-refractivity contribution is 5.83. The number of nitrogens with zero attached hydrogens (tertiary/aromatic N) is 5. The molecule has 0 saturated heterocycles. The van der Waals surface area contributed by atoms with Gasteiger partial charge in [-0.15, -0.1) is 0 Å². The highest BCUT2D eigenvalue weighted by Gasteiger charge is 2.32. The fourth-order valence-electron chi connectivity index (χ4n) is 1.89. The Balaban J connectivity index is 2.72. The van der Waals surface area contributed by atoms with Crippen molar-refractivity contribution in [3.05, 3.63) is 70.9 Å². The number of hydrogen-bond acceptors (Lipinski definition) is 10. The van der Waals surface area contributed by atoms with Crippen molar-refractivity contribution in [2.24, 2.45) is 0 Å². The second-order valence-corrected chi connectivity index (χ2v) is 4.39. The smallest absolute Gasteiger partial charge is 0.358 e. The molecule has 0 aliphatic rings. The molecule has 0 bridgehead atoms. The zero-order valence-corrected chi connectivity index (χ0v) is 11.9. The molecule has 0 atom stereocenters. The quantitative estimate of drug-likeness (QED) is 0.596. The summed E-state index contributed by atoms with van der Waals surface area (Å²) in [5.74, 6) is -0.732. The van der Waals surface area contributed by atoms with Crippen LogP contribution in [0.1, 0.15) is 0 Å². The maximum atomic E-state index is 11.2. The van der Waals surface area contributed by atoms with Crippen LogP contribution in [0.4, 0.5) is 34.3 Å². The number of non-ortho nitro benzene ring substituents is 1. The molecule has 1 heterocycles. The molecule has 0 fully saturated rings. The Kier molecular flexibility index (Phi) is 4.44. The van der Waals surface area contributed by atoms with E-state index in [0.29, 0.717) is 12.1 Å². The summed E-state index contributed by atoms with van der Waals surface area (Å²) in [6.45, 7) is 0. The normalized spacial score (nSPS) is 10.1. The SMILES string of the molecule is O=[N+]([O-])c1cc([N+](=O)[O-])c(Nc2cccnc2[N+](=O)[O-])c([N+](=O)[O-])c1. The minimum Gasteiger partial charge on any atom is -0.358 e. The van der Waals surface area contributed by atoms with Gasteiger partial charge in [-0.25, -0.2) is 0 Å². The van der Waals surface area contributed by atoms with Crippen molar-refractivity contribution in [2.75, 3.05) is 5.32 Å². The van der Waals surface area contributed by atoms with E-state index >= 15 is 0 Å². The summed E-state index contributed by atoms with van der Waals surface area (Å²) in [7, 11) is 0. The Hall–Kier alpha value is -4.23. The largest absolute Gasteiger partial charge is 0.387 e. The summed E-state index contributed by atoms with van der Waals surface area (Å²) in [5.41, 5.74) is -3.94. The Morgan fingerprint density at radius 3 is 1.84 bits per heavy atom. The van der Waals surface area contributed by atoms with Crippen LogP contribution in [0.3, 0.4) is 0 Å². The highest BCUT2D eigenvalue weighted by atomic mass is 16.6. The number of nitro groups is 4. The topological polar surface area (TPSA) is 197 Å². The number of hydrogen-bond donors (Lipinski definition) is 1. The van der Waals surface area contributed by atoms with Gasteiger partial charge in [-0.1, -0.05) is 0 Å². The van der Waals surface area contributed by atoms with Crippen LogP contribution in [0.15, 0.2) is 30.5 Å². The number of nitrogens with one attached hydrogen (secondary N) is 1. The predicted octanol–water partition coefficient (Wildman–Crippen LogP) is 2.46. The van der Waals surface area contributed by atoms with Gasteiger partial charge in [0, 0.05) is 0 Å². The molecule has 128 valence electrons. The molecule has 0 saturated carbocycles. The number of anilines is 2. The maximum absolute atomic E-state index is 11.2. The first kappa shape index (κ1) is 17.1. The number of rotatable bonds is 6. The van der Waals surface area contributed by atoms with Gasteiger partial charge in [-0.05, 0) is 22.0 Å². The Bertz CT molecular complexity index is 878. The van der Waals surface area contributed by atoms with Crippen LogP contribution in [0, 0.1) is 40.5 Å². The molecule has 0 unspecified atom stereocenters. The fourth-order valence-corrected chi connectivity index (χ4v) is 1.89. The molecule has 0 radical (unpaired) electrons. The summed E-state index contributed by atoms with van der Waals surface area (Å²) >= 11 is 0. The lowest BCUT2D eigenvalue weighted by molar-refractivity contribution is -0.401. The van der Waals surface area contributed by atoms with E-state index in [-0.39, 0.29) is 5.69 Å². The summed E-state index contributed by atoms with van der Waals surface area (Å²) < 4.78 is 0. The van der Waals surface area contributed by atoms with Crippen molar-refractivity contribution in [3.63, 3.8) is 0 Å². The molecule has 25 heavy (non-hydrogen) atoms. The van der Waals surface area contributed by atoms with Crippen LogP contribution >= 0.6 is 0 Å². The van der Waals surface area contributed by atoms with Crippen molar-refractivity contribution < 1.29 is 19.7 Å². The molecule has 1 aromatic carbocycles. The molecule has 14 heteroatoms. The first-order valence-corrected chi connectivity index (χ1v) is 6.20. The van der Waals surface area contributed by atoms with Gasteiger partial charge in [0.2, 0.25) is 0 Å². The lowest BCUT2D eigenvalue weighted by Gasteiger charge is -2.07. The molecule has 0 aliphatic heterocycles. The van der Waals surface area contributed by atoms with E-state index in [1.54, 1.807) is 0 Å². The molecule has 0 spiro atoms. The standard InChI is InChI=1S/C11H6N6O8/c18-14(19)6-4-8(15(20)21)10(9(5-6)16(22)23)13-7-2-1-3-12-11(7)17(24)25/h1-5,13H. The van der Waals surface area contributed by atoms with E-state index in [2.05, 4.69) is 10.3 Å². The van der Waals surface area contributed by atoms with Crippen LogP contribution in [-0.4, -0.2) is 24.7 Å². The monoisotopic (exact) mass is 350 g/mol. The average Bonchev–Trinajstić information content (AvgIpc) is 2.54. The van der Waals surface area contributed by atoms with Crippen LogP contribution in [-0.2, 0) is 0 Å². The van der Waals surface area contributed by atoms with E-state index in [4.69, 9.17) is 0 Å². The van der Waals surface area contributed by atoms with Gasteiger partial charge in [0.05, 0.1) is 26.9 Å². The molecule has 0 amide bonds. The van der Waals surface area contributed by atoms with Crippen molar-refractivity contribution in [1.29, 1.82) is 0 Å². The lowest BCUT2D eigenvalue weighted by Crippen LogP contribution is -2.05. The van der Waals surface area contributed by atoms with Gasteiger partial charge in [-0.3, -0.25) is 30.3 Å². The predicted molar refractivity (Wildman–Crippen MR) is 80.6 cm³/mol. The summed E-state index contributed by atoms with van der Waals surface area (Å²) in [4.78, 5) is 43.4. The second-order valence-electron chi connectivity index (χ2n) is 4.39. The molecule has 0 aliphatic carbocycles. The van der Waals surface area contributed by atoms with E-state index in [0.717, 1.165) is 12.3 Å². The van der Waals surface area contributed by atoms with Crippen molar-refractivity contribution in [1.82, 2.24) is 4.98 Å². The number of nitro benzene ring substituents is 3. The van der Waals surface area contributed by atoms with Gasteiger partial charge < -0.3 is 15.4 Å². The lowest BCUT2D eigenvalue weighted by atomic mass is 10.2. The van der Waals surface area contributed by atoms with Crippen LogP contribution < -0.4 is 5.32 Å². The Labute approximate surface area is 136 Å². The van der Waals surface area contributed by atoms with E-state index in [9.17, 15) is 40.5 Å². The number of pyridine rings is 1. The molecule has 2 aromatic rings. The molecule has 2 rings (SSSR count). The van der Waals surface area contributed by atoms with Crippen LogP contribution in [0.25, 0.3) is 0 Å². The number of aromatic nitrogens is 1. The van der Waals surface area contributed by atoms with Gasteiger partial charge in [0.1, 0.15) is 11.9 Å². The molecular formula is C11H6N6O8. The zero-order chi connectivity index (χ0) is 18.7. The third-order valence-corrected chi connectivity index (χ3v) is 2.90. The number of benzene rings is 1. The van der Waals surface area contributed by atoms with Gasteiger partial charge >= 0.3 is 17.2 Å². The third-order valence-electron chi connectivity index (χ3n) is 2.90. The summed E-state index contributed by atoms with van der Waals surface area (Å²) in [6.07, 6.45) is 1.09. The van der Waals surface area contributed by atoms with Gasteiger partial charge in [0.25, 0.3) is 5.69 Å². The maximum Gasteiger partial charge on any atom is 0.387 e. The molecule has 14 nitrogen and oxygen atoms in total. The van der Waals surface area contributed by atoms with E-state index < -0.39 is 48.3 Å². The highest BCUT2D eigenvalue weighted by Crippen LogP contribution is 2.41. The van der Waals surface area contributed by atoms with Crippen LogP contribution in [0.5, 0.6) is 0 Å². The van der Waals surface area contributed by atoms with E-state index in [1.165, 1.54) is 6.07 Å². The van der Waals surface area contributed by atoms with Crippen molar-refractivity contribution in [3.8, 4) is 0 Å². The molecular weight excluding hydrogens is 344 g/mol. The molecule has 1 N–H and O–H groups in total. The molecule has 1 aromatic heterocycles. The minimum absolute atomic E-state index is 0.354. The van der Waals surface area contributed by atoms with Crippen LogP contribution in [0.2, 0.25) is 0 Å². The van der Waals surface area contributed by atoms with Gasteiger partial charge in [0.15, 0.2) is 5.69 Å². The Morgan fingerprint density at radius 2 is 1.40 bits per heavy atom. The van der Waals surface area contributed by atoms with E-state index in [1.807, 2.05) is 0 Å². The zero-order valence-electron chi connectivity index (χ0n) is 11.9. The fraction of sp³-hybridized carbons (Fsp3) is 0. The Morgan fingerprint density at radius 1 is 0.840 bits per heavy atom. The first-order chi connectivity index (χ1) is 11.7.